The van der Waals surface area contributed by atoms with Crippen molar-refractivity contribution in [1.29, 1.82) is 0 Å². The molecule has 4 nitrogen and oxygen atoms in total. The maximum absolute atomic E-state index is 9.00. The SMILES string of the molecule is CC(=O)O.ON=Cc1ccc2c(c1)Sc1ccccc1S2. The summed E-state index contributed by atoms with van der Waals surface area (Å²) in [6.07, 6.45) is 1.45. The van der Waals surface area contributed by atoms with Gasteiger partial charge in [-0.3, -0.25) is 4.79 Å². The van der Waals surface area contributed by atoms with Crippen molar-refractivity contribution in [1.82, 2.24) is 0 Å². The smallest absolute Gasteiger partial charge is 0.300 e. The number of nitrogens with zero attached hydrogens (tertiary/aromatic N) is 1. The molecule has 0 radical (unpaired) electrons. The lowest BCUT2D eigenvalue weighted by molar-refractivity contribution is -0.134. The van der Waals surface area contributed by atoms with Gasteiger partial charge in [0.05, 0.1) is 6.21 Å². The van der Waals surface area contributed by atoms with Gasteiger partial charge in [-0.25, -0.2) is 0 Å². The van der Waals surface area contributed by atoms with Crippen LogP contribution >= 0.6 is 23.5 Å². The Kier molecular flexibility index (Phi) is 5.30. The van der Waals surface area contributed by atoms with E-state index in [0.717, 1.165) is 12.5 Å². The molecule has 0 fully saturated rings. The molecule has 2 N–H and O–H groups in total. The van der Waals surface area contributed by atoms with E-state index in [2.05, 4.69) is 35.5 Å². The van der Waals surface area contributed by atoms with Gasteiger partial charge in [-0.2, -0.15) is 0 Å². The van der Waals surface area contributed by atoms with Gasteiger partial charge in [-0.1, -0.05) is 46.9 Å². The molecular formula is C15H13NO3S2. The van der Waals surface area contributed by atoms with Crippen molar-refractivity contribution in [2.24, 2.45) is 5.16 Å². The number of benzene rings is 2. The van der Waals surface area contributed by atoms with E-state index in [1.165, 1.54) is 25.8 Å². The normalized spacial score (nSPS) is 12.0. The van der Waals surface area contributed by atoms with Crippen molar-refractivity contribution in [3.05, 3.63) is 48.0 Å². The van der Waals surface area contributed by atoms with Crippen LogP contribution in [0.4, 0.5) is 0 Å². The van der Waals surface area contributed by atoms with Crippen LogP contribution in [0.5, 0.6) is 0 Å². The molecule has 0 unspecified atom stereocenters. The topological polar surface area (TPSA) is 69.9 Å². The molecule has 3 rings (SSSR count). The van der Waals surface area contributed by atoms with Gasteiger partial charge in [0.1, 0.15) is 0 Å². The summed E-state index contributed by atoms with van der Waals surface area (Å²) in [5.74, 6) is -0.833. The quantitative estimate of drug-likeness (QED) is 0.399. The van der Waals surface area contributed by atoms with E-state index in [4.69, 9.17) is 15.1 Å². The number of fused-ring (bicyclic) bond motifs is 2. The molecule has 2 aromatic carbocycles. The van der Waals surface area contributed by atoms with E-state index in [1.807, 2.05) is 12.1 Å². The summed E-state index contributed by atoms with van der Waals surface area (Å²) in [6.45, 7) is 1.08. The van der Waals surface area contributed by atoms with Crippen LogP contribution in [-0.4, -0.2) is 22.5 Å². The third kappa shape index (κ3) is 4.27. The molecule has 1 aliphatic heterocycles. The Morgan fingerprint density at radius 2 is 1.57 bits per heavy atom. The first-order valence-corrected chi connectivity index (χ1v) is 7.69. The number of oxime groups is 1. The summed E-state index contributed by atoms with van der Waals surface area (Å²) in [6, 6.07) is 14.4. The zero-order valence-corrected chi connectivity index (χ0v) is 12.8. The molecule has 0 saturated heterocycles. The maximum atomic E-state index is 9.00. The molecule has 0 atom stereocenters. The summed E-state index contributed by atoms with van der Waals surface area (Å²) >= 11 is 3.54. The minimum atomic E-state index is -0.833. The highest BCUT2D eigenvalue weighted by atomic mass is 32.2. The van der Waals surface area contributed by atoms with Crippen LogP contribution in [0.15, 0.2) is 67.2 Å². The lowest BCUT2D eigenvalue weighted by atomic mass is 10.2. The molecule has 1 heterocycles. The predicted molar refractivity (Wildman–Crippen MR) is 83.8 cm³/mol. The number of aliphatic carboxylic acids is 1. The Hall–Kier alpha value is -1.92. The summed E-state index contributed by atoms with van der Waals surface area (Å²) in [5.41, 5.74) is 0.915. The Bertz CT molecular complexity index is 682. The second kappa shape index (κ2) is 7.19. The monoisotopic (exact) mass is 319 g/mol. The molecule has 1 aliphatic rings. The van der Waals surface area contributed by atoms with Crippen LogP contribution < -0.4 is 0 Å². The van der Waals surface area contributed by atoms with Gasteiger partial charge in [0.2, 0.25) is 0 Å². The lowest BCUT2D eigenvalue weighted by Crippen LogP contribution is -1.91. The molecule has 0 aliphatic carbocycles. The Labute approximate surface area is 130 Å². The van der Waals surface area contributed by atoms with Crippen LogP contribution in [0.25, 0.3) is 0 Å². The van der Waals surface area contributed by atoms with E-state index < -0.39 is 5.97 Å². The van der Waals surface area contributed by atoms with Crippen molar-refractivity contribution in [3.8, 4) is 0 Å². The molecule has 21 heavy (non-hydrogen) atoms. The van der Waals surface area contributed by atoms with E-state index >= 15 is 0 Å². The molecule has 6 heteroatoms. The van der Waals surface area contributed by atoms with Crippen molar-refractivity contribution in [2.75, 3.05) is 0 Å². The molecule has 0 saturated carbocycles. The Morgan fingerprint density at radius 1 is 1.05 bits per heavy atom. The second-order valence-corrected chi connectivity index (χ2v) is 6.29. The standard InChI is InChI=1S/C13H9NOS2.C2H4O2/c15-14-8-9-5-6-12-13(7-9)17-11-4-2-1-3-10(11)16-12;1-2(3)4/h1-8,15H;1H3,(H,3,4). The summed E-state index contributed by atoms with van der Waals surface area (Å²) in [5, 5.41) is 19.0. The maximum Gasteiger partial charge on any atom is 0.300 e. The van der Waals surface area contributed by atoms with Crippen LogP contribution in [0.1, 0.15) is 12.5 Å². The summed E-state index contributed by atoms with van der Waals surface area (Å²) < 4.78 is 0. The van der Waals surface area contributed by atoms with E-state index in [-0.39, 0.29) is 0 Å². The molecule has 0 aromatic heterocycles. The number of carbonyl (C=O) groups is 1. The molecule has 2 aromatic rings. The van der Waals surface area contributed by atoms with Gasteiger partial charge in [0.15, 0.2) is 0 Å². The predicted octanol–water partition coefficient (Wildman–Crippen LogP) is 4.20. The first kappa shape index (κ1) is 15.5. The molecule has 108 valence electrons. The van der Waals surface area contributed by atoms with Gasteiger partial charge in [-0.05, 0) is 29.8 Å². The Morgan fingerprint density at radius 3 is 2.14 bits per heavy atom. The number of hydrogen-bond donors (Lipinski definition) is 2. The molecular weight excluding hydrogens is 306 g/mol. The van der Waals surface area contributed by atoms with E-state index in [1.54, 1.807) is 23.5 Å². The average Bonchev–Trinajstić information content (AvgIpc) is 2.45. The minimum Gasteiger partial charge on any atom is -0.481 e. The third-order valence-electron chi connectivity index (χ3n) is 2.46. The Balaban J connectivity index is 0.000000361. The first-order chi connectivity index (χ1) is 10.1. The van der Waals surface area contributed by atoms with Crippen LogP contribution in [0, 0.1) is 0 Å². The highest BCUT2D eigenvalue weighted by Gasteiger charge is 2.16. The van der Waals surface area contributed by atoms with E-state index in [0.29, 0.717) is 0 Å². The highest BCUT2D eigenvalue weighted by molar-refractivity contribution is 8.05. The zero-order chi connectivity index (χ0) is 15.2. The lowest BCUT2D eigenvalue weighted by Gasteiger charge is -2.18. The number of hydrogen-bond acceptors (Lipinski definition) is 5. The van der Waals surface area contributed by atoms with Crippen LogP contribution in [-0.2, 0) is 4.79 Å². The fraction of sp³-hybridized carbons (Fsp3) is 0.0667. The van der Waals surface area contributed by atoms with Crippen LogP contribution in [0.3, 0.4) is 0 Å². The van der Waals surface area contributed by atoms with Gasteiger partial charge in [0.25, 0.3) is 5.97 Å². The summed E-state index contributed by atoms with van der Waals surface area (Å²) in [4.78, 5) is 14.0. The largest absolute Gasteiger partial charge is 0.481 e. The second-order valence-electron chi connectivity index (χ2n) is 4.12. The molecule has 0 amide bonds. The molecule has 0 spiro atoms. The number of rotatable bonds is 1. The average molecular weight is 319 g/mol. The first-order valence-electron chi connectivity index (χ1n) is 6.06. The van der Waals surface area contributed by atoms with Gasteiger partial charge < -0.3 is 10.3 Å². The summed E-state index contributed by atoms with van der Waals surface area (Å²) in [7, 11) is 0. The minimum absolute atomic E-state index is 0.833. The molecule has 0 bridgehead atoms. The van der Waals surface area contributed by atoms with Crippen molar-refractivity contribution < 1.29 is 15.1 Å². The fourth-order valence-electron chi connectivity index (χ4n) is 1.69. The van der Waals surface area contributed by atoms with Crippen LogP contribution in [0.2, 0.25) is 0 Å². The van der Waals surface area contributed by atoms with Crippen molar-refractivity contribution in [2.45, 2.75) is 26.5 Å². The zero-order valence-electron chi connectivity index (χ0n) is 11.2. The number of carboxylic acids is 1. The van der Waals surface area contributed by atoms with Gasteiger partial charge >= 0.3 is 0 Å². The number of carboxylic acid groups (broad SMARTS) is 1. The van der Waals surface area contributed by atoms with Crippen molar-refractivity contribution >= 4 is 35.7 Å². The van der Waals surface area contributed by atoms with Gasteiger partial charge in [0, 0.05) is 26.5 Å². The van der Waals surface area contributed by atoms with Crippen molar-refractivity contribution in [3.63, 3.8) is 0 Å². The fourth-order valence-corrected chi connectivity index (χ4v) is 3.96. The van der Waals surface area contributed by atoms with Gasteiger partial charge in [-0.15, -0.1) is 0 Å². The third-order valence-corrected chi connectivity index (χ3v) is 5.01. The van der Waals surface area contributed by atoms with E-state index in [9.17, 15) is 0 Å². The highest BCUT2D eigenvalue weighted by Crippen LogP contribution is 2.48.